The minimum atomic E-state index is -0.890. The number of hydrogen-bond acceptors (Lipinski definition) is 4. The average molecular weight is 413 g/mol. The Morgan fingerprint density at radius 1 is 1.21 bits per heavy atom. The fraction of sp³-hybridized carbons (Fsp3) is 0.238. The number of likely N-dealkylation sites (N-methyl/N-ethyl adjacent to an activating group) is 1. The van der Waals surface area contributed by atoms with Gasteiger partial charge in [-0.3, -0.25) is 14.4 Å². The quantitative estimate of drug-likeness (QED) is 0.787. The van der Waals surface area contributed by atoms with E-state index in [1.807, 2.05) is 12.1 Å². The van der Waals surface area contributed by atoms with Gasteiger partial charge in [0.05, 0.1) is 12.6 Å². The average Bonchev–Trinajstić information content (AvgIpc) is 2.80. The summed E-state index contributed by atoms with van der Waals surface area (Å²) in [7, 11) is 1.53. The molecule has 2 N–H and O–H groups in total. The van der Waals surface area contributed by atoms with Crippen molar-refractivity contribution in [3.05, 3.63) is 70.2 Å². The molecule has 0 radical (unpaired) electrons. The number of halogens is 1. The number of amides is 3. The molecule has 2 aromatic rings. The van der Waals surface area contributed by atoms with Gasteiger partial charge in [-0.1, -0.05) is 48.0 Å². The highest BCUT2D eigenvalue weighted by molar-refractivity contribution is 6.30. The molecule has 2 aromatic carbocycles. The van der Waals surface area contributed by atoms with Crippen molar-refractivity contribution in [1.29, 1.82) is 0 Å². The second-order valence-electron chi connectivity index (χ2n) is 6.77. The number of hydrogen-bond donors (Lipinski definition) is 2. The molecule has 8 heteroatoms. The maximum Gasteiger partial charge on any atom is 0.269 e. The van der Waals surface area contributed by atoms with Crippen LogP contribution in [0.15, 0.2) is 53.6 Å². The third-order valence-corrected chi connectivity index (χ3v) is 4.79. The van der Waals surface area contributed by atoms with Gasteiger partial charge in [0.15, 0.2) is 0 Å². The number of benzene rings is 2. The Hall–Kier alpha value is -3.19. The van der Waals surface area contributed by atoms with Crippen LogP contribution in [0.1, 0.15) is 29.7 Å². The lowest BCUT2D eigenvalue weighted by Gasteiger charge is -2.22. The first-order valence-electron chi connectivity index (χ1n) is 9.10. The molecule has 0 aliphatic carbocycles. The molecule has 0 saturated carbocycles. The van der Waals surface area contributed by atoms with Crippen LogP contribution in [0.2, 0.25) is 5.02 Å². The Balaban J connectivity index is 1.67. The molecule has 3 amide bonds. The van der Waals surface area contributed by atoms with Crippen molar-refractivity contribution in [2.24, 2.45) is 5.10 Å². The van der Waals surface area contributed by atoms with E-state index in [0.717, 1.165) is 11.1 Å². The summed E-state index contributed by atoms with van der Waals surface area (Å²) in [5.41, 5.74) is 2.14. The van der Waals surface area contributed by atoms with Crippen molar-refractivity contribution in [1.82, 2.24) is 15.6 Å². The van der Waals surface area contributed by atoms with E-state index in [1.165, 1.54) is 12.1 Å². The number of nitrogens with zero attached hydrogens (tertiary/aromatic N) is 2. The second-order valence-corrected chi connectivity index (χ2v) is 7.21. The molecule has 29 heavy (non-hydrogen) atoms. The van der Waals surface area contributed by atoms with E-state index >= 15 is 0 Å². The van der Waals surface area contributed by atoms with E-state index in [-0.39, 0.29) is 18.2 Å². The fourth-order valence-electron chi connectivity index (χ4n) is 3.01. The van der Waals surface area contributed by atoms with Crippen LogP contribution < -0.4 is 10.6 Å². The van der Waals surface area contributed by atoms with Crippen LogP contribution in [0.5, 0.6) is 0 Å². The summed E-state index contributed by atoms with van der Waals surface area (Å²) in [5.74, 6) is -1.15. The first-order chi connectivity index (χ1) is 13.8. The minimum Gasteiger partial charge on any atom is -0.344 e. The van der Waals surface area contributed by atoms with Crippen LogP contribution in [0.25, 0.3) is 0 Å². The van der Waals surface area contributed by atoms with Crippen LogP contribution >= 0.6 is 11.6 Å². The monoisotopic (exact) mass is 412 g/mol. The molecule has 1 unspecified atom stereocenters. The topological polar surface area (TPSA) is 90.9 Å². The van der Waals surface area contributed by atoms with Gasteiger partial charge >= 0.3 is 0 Å². The molecule has 0 saturated heterocycles. The number of carbonyl (C=O) groups excluding carboxylic acids is 3. The van der Waals surface area contributed by atoms with Crippen LogP contribution in [0, 0.1) is 0 Å². The zero-order valence-electron chi connectivity index (χ0n) is 16.1. The van der Waals surface area contributed by atoms with E-state index in [2.05, 4.69) is 15.7 Å². The van der Waals surface area contributed by atoms with E-state index in [1.54, 1.807) is 49.5 Å². The molecule has 1 aliphatic rings. The standard InChI is InChI=1S/C21H21ClN4O3/c1-13(24-18(27)11-14-6-5-8-16(22)10-14)20(28)25-19-17-9-4-3-7-15(17)12-23-26(2)21(19)29/h3-10,12-13,19H,11H2,1-2H3,(H,24,27)(H,25,28)/t13-,19?/m0/s1. The zero-order valence-corrected chi connectivity index (χ0v) is 16.8. The fourth-order valence-corrected chi connectivity index (χ4v) is 3.23. The van der Waals surface area contributed by atoms with Crippen LogP contribution in [0.3, 0.4) is 0 Å². The summed E-state index contributed by atoms with van der Waals surface area (Å²) < 4.78 is 0. The SMILES string of the molecule is C[C@H](NC(=O)Cc1cccc(Cl)c1)C(=O)NC1C(=O)N(C)N=Cc2ccccc21. The van der Waals surface area contributed by atoms with Crippen molar-refractivity contribution in [3.8, 4) is 0 Å². The lowest BCUT2D eigenvalue weighted by molar-refractivity contribution is -0.136. The molecule has 150 valence electrons. The van der Waals surface area contributed by atoms with Crippen molar-refractivity contribution < 1.29 is 14.4 Å². The summed E-state index contributed by atoms with van der Waals surface area (Å²) >= 11 is 5.93. The van der Waals surface area contributed by atoms with E-state index in [0.29, 0.717) is 10.6 Å². The molecule has 0 fully saturated rings. The Morgan fingerprint density at radius 2 is 1.97 bits per heavy atom. The normalized spacial score (nSPS) is 16.6. The molecule has 3 rings (SSSR count). The summed E-state index contributed by atoms with van der Waals surface area (Å²) in [6, 6.07) is 12.5. The van der Waals surface area contributed by atoms with Gasteiger partial charge in [-0.25, -0.2) is 5.01 Å². The maximum absolute atomic E-state index is 12.7. The summed E-state index contributed by atoms with van der Waals surface area (Å²) in [6.07, 6.45) is 1.68. The van der Waals surface area contributed by atoms with Gasteiger partial charge in [0.25, 0.3) is 5.91 Å². The van der Waals surface area contributed by atoms with E-state index in [4.69, 9.17) is 11.6 Å². The predicted octanol–water partition coefficient (Wildman–Crippen LogP) is 2.05. The van der Waals surface area contributed by atoms with Gasteiger partial charge < -0.3 is 10.6 Å². The molecule has 0 bridgehead atoms. The second kappa shape index (κ2) is 8.87. The number of hydrazone groups is 1. The predicted molar refractivity (Wildman–Crippen MR) is 110 cm³/mol. The molecule has 2 atom stereocenters. The van der Waals surface area contributed by atoms with Gasteiger partial charge in [0.1, 0.15) is 12.1 Å². The first kappa shape index (κ1) is 20.5. The Morgan fingerprint density at radius 3 is 2.72 bits per heavy atom. The minimum absolute atomic E-state index is 0.0972. The molecular formula is C21H21ClN4O3. The Bertz CT molecular complexity index is 976. The third kappa shape index (κ3) is 5.00. The van der Waals surface area contributed by atoms with Crippen molar-refractivity contribution in [3.63, 3.8) is 0 Å². The van der Waals surface area contributed by atoms with Gasteiger partial charge in [-0.15, -0.1) is 0 Å². The molecule has 1 heterocycles. The number of rotatable bonds is 5. The van der Waals surface area contributed by atoms with Crippen LogP contribution in [-0.2, 0) is 20.8 Å². The van der Waals surface area contributed by atoms with Crippen LogP contribution in [0.4, 0.5) is 0 Å². The highest BCUT2D eigenvalue weighted by Crippen LogP contribution is 2.22. The maximum atomic E-state index is 12.7. The first-order valence-corrected chi connectivity index (χ1v) is 9.47. The van der Waals surface area contributed by atoms with Gasteiger partial charge in [0.2, 0.25) is 11.8 Å². The summed E-state index contributed by atoms with van der Waals surface area (Å²) in [4.78, 5) is 37.6. The summed E-state index contributed by atoms with van der Waals surface area (Å²) in [6.45, 7) is 1.57. The molecule has 1 aliphatic heterocycles. The van der Waals surface area contributed by atoms with Crippen molar-refractivity contribution >= 4 is 35.5 Å². The number of carbonyl (C=O) groups is 3. The number of nitrogens with one attached hydrogen (secondary N) is 2. The van der Waals surface area contributed by atoms with Crippen molar-refractivity contribution in [2.75, 3.05) is 7.05 Å². The Kier molecular flexibility index (Phi) is 6.29. The third-order valence-electron chi connectivity index (χ3n) is 4.55. The van der Waals surface area contributed by atoms with Gasteiger partial charge in [-0.05, 0) is 30.2 Å². The molecule has 0 aromatic heterocycles. The molecular weight excluding hydrogens is 392 g/mol. The number of fused-ring (bicyclic) bond motifs is 1. The highest BCUT2D eigenvalue weighted by atomic mass is 35.5. The van der Waals surface area contributed by atoms with Crippen LogP contribution in [-0.4, -0.2) is 42.0 Å². The summed E-state index contributed by atoms with van der Waals surface area (Å²) in [5, 5.41) is 11.2. The van der Waals surface area contributed by atoms with Gasteiger partial charge in [-0.2, -0.15) is 5.10 Å². The zero-order chi connectivity index (χ0) is 21.0. The highest BCUT2D eigenvalue weighted by Gasteiger charge is 2.30. The largest absolute Gasteiger partial charge is 0.344 e. The lowest BCUT2D eigenvalue weighted by atomic mass is 10.00. The molecule has 0 spiro atoms. The van der Waals surface area contributed by atoms with Crippen molar-refractivity contribution in [2.45, 2.75) is 25.4 Å². The Labute approximate surface area is 173 Å². The van der Waals surface area contributed by atoms with E-state index in [9.17, 15) is 14.4 Å². The molecule has 7 nitrogen and oxygen atoms in total. The lowest BCUT2D eigenvalue weighted by Crippen LogP contribution is -2.48. The smallest absolute Gasteiger partial charge is 0.269 e. The van der Waals surface area contributed by atoms with Gasteiger partial charge in [0, 0.05) is 17.6 Å². The van der Waals surface area contributed by atoms with E-state index < -0.39 is 18.0 Å².